The SMILES string of the molecule is Cc1nc(Br)cc(SCCS(C)(=O)=O)n1. The molecule has 0 aliphatic heterocycles. The van der Waals surface area contributed by atoms with Gasteiger partial charge in [0, 0.05) is 18.1 Å². The number of thioether (sulfide) groups is 1. The van der Waals surface area contributed by atoms with Crippen molar-refractivity contribution in [2.75, 3.05) is 17.8 Å². The number of nitrogens with zero attached hydrogens (tertiary/aromatic N) is 2. The lowest BCUT2D eigenvalue weighted by Crippen LogP contribution is -2.05. The second-order valence-corrected chi connectivity index (χ2v) is 7.24. The minimum Gasteiger partial charge on any atom is -0.229 e. The van der Waals surface area contributed by atoms with Gasteiger partial charge in [-0.2, -0.15) is 0 Å². The maximum Gasteiger partial charge on any atom is 0.148 e. The molecule has 4 nitrogen and oxygen atoms in total. The number of aromatic nitrogens is 2. The Labute approximate surface area is 102 Å². The Morgan fingerprint density at radius 2 is 2.13 bits per heavy atom. The van der Waals surface area contributed by atoms with Gasteiger partial charge < -0.3 is 0 Å². The molecular formula is C8H11BrN2O2S2. The van der Waals surface area contributed by atoms with E-state index in [0.717, 1.165) is 9.63 Å². The molecule has 84 valence electrons. The molecule has 0 aliphatic carbocycles. The molecule has 0 unspecified atom stereocenters. The maximum absolute atomic E-state index is 10.9. The molecule has 0 N–H and O–H groups in total. The van der Waals surface area contributed by atoms with Gasteiger partial charge in [0.2, 0.25) is 0 Å². The average molecular weight is 311 g/mol. The van der Waals surface area contributed by atoms with Crippen LogP contribution in [0.3, 0.4) is 0 Å². The van der Waals surface area contributed by atoms with Crippen molar-refractivity contribution < 1.29 is 8.42 Å². The van der Waals surface area contributed by atoms with E-state index in [1.54, 1.807) is 13.0 Å². The minimum absolute atomic E-state index is 0.165. The van der Waals surface area contributed by atoms with E-state index < -0.39 is 9.84 Å². The molecule has 1 aromatic rings. The van der Waals surface area contributed by atoms with Crippen molar-refractivity contribution in [3.05, 3.63) is 16.5 Å². The highest BCUT2D eigenvalue weighted by Gasteiger charge is 2.04. The third-order valence-corrected chi connectivity index (χ3v) is 4.01. The second-order valence-electron chi connectivity index (χ2n) is 3.05. The Hall–Kier alpha value is -0.140. The molecule has 0 atom stereocenters. The first-order valence-corrected chi connectivity index (χ1v) is 8.02. The van der Waals surface area contributed by atoms with Crippen LogP contribution in [0.25, 0.3) is 0 Å². The number of rotatable bonds is 4. The number of sulfone groups is 1. The van der Waals surface area contributed by atoms with Crippen LogP contribution in [0.5, 0.6) is 0 Å². The quantitative estimate of drug-likeness (QED) is 0.625. The van der Waals surface area contributed by atoms with Gasteiger partial charge >= 0.3 is 0 Å². The van der Waals surface area contributed by atoms with Gasteiger partial charge in [-0.3, -0.25) is 0 Å². The summed E-state index contributed by atoms with van der Waals surface area (Å²) in [4.78, 5) is 8.25. The molecule has 15 heavy (non-hydrogen) atoms. The normalized spacial score (nSPS) is 11.7. The Bertz CT molecular complexity index is 428. The van der Waals surface area contributed by atoms with E-state index in [1.807, 2.05) is 0 Å². The highest BCUT2D eigenvalue weighted by Crippen LogP contribution is 2.18. The van der Waals surface area contributed by atoms with E-state index in [1.165, 1.54) is 18.0 Å². The zero-order valence-electron chi connectivity index (χ0n) is 8.40. The maximum atomic E-state index is 10.9. The molecule has 1 heterocycles. The van der Waals surface area contributed by atoms with Crippen LogP contribution in [0.1, 0.15) is 5.82 Å². The molecule has 0 bridgehead atoms. The summed E-state index contributed by atoms with van der Waals surface area (Å²) in [6.45, 7) is 1.80. The summed E-state index contributed by atoms with van der Waals surface area (Å²) in [5.41, 5.74) is 0. The fraction of sp³-hybridized carbons (Fsp3) is 0.500. The smallest absolute Gasteiger partial charge is 0.148 e. The van der Waals surface area contributed by atoms with Crippen LogP contribution in [0.4, 0.5) is 0 Å². The van der Waals surface area contributed by atoms with Gasteiger partial charge in [0.1, 0.15) is 25.3 Å². The highest BCUT2D eigenvalue weighted by molar-refractivity contribution is 9.10. The first-order chi connectivity index (χ1) is 6.87. The molecule has 1 rings (SSSR count). The summed E-state index contributed by atoms with van der Waals surface area (Å²) < 4.78 is 22.5. The second kappa shape index (κ2) is 5.27. The zero-order chi connectivity index (χ0) is 11.5. The Kier molecular flexibility index (Phi) is 4.54. The number of aryl methyl sites for hydroxylation is 1. The number of halogens is 1. The van der Waals surface area contributed by atoms with Crippen molar-refractivity contribution in [3.8, 4) is 0 Å². The summed E-state index contributed by atoms with van der Waals surface area (Å²) in [7, 11) is -2.89. The average Bonchev–Trinajstić information content (AvgIpc) is 1.99. The monoisotopic (exact) mass is 310 g/mol. The summed E-state index contributed by atoms with van der Waals surface area (Å²) in [6, 6.07) is 1.78. The van der Waals surface area contributed by atoms with E-state index in [4.69, 9.17) is 0 Å². The molecule has 7 heteroatoms. The first kappa shape index (κ1) is 12.9. The van der Waals surface area contributed by atoms with Crippen molar-refractivity contribution in [1.29, 1.82) is 0 Å². The van der Waals surface area contributed by atoms with Gasteiger partial charge in [0.05, 0.1) is 5.75 Å². The van der Waals surface area contributed by atoms with E-state index >= 15 is 0 Å². The van der Waals surface area contributed by atoms with Crippen LogP contribution in [0.2, 0.25) is 0 Å². The largest absolute Gasteiger partial charge is 0.229 e. The van der Waals surface area contributed by atoms with E-state index in [9.17, 15) is 8.42 Å². The molecule has 1 aromatic heterocycles. The third-order valence-electron chi connectivity index (χ3n) is 1.49. The fourth-order valence-electron chi connectivity index (χ4n) is 0.877. The zero-order valence-corrected chi connectivity index (χ0v) is 11.6. The third kappa shape index (κ3) is 5.48. The summed E-state index contributed by atoms with van der Waals surface area (Å²) >= 11 is 4.68. The summed E-state index contributed by atoms with van der Waals surface area (Å²) in [5.74, 6) is 1.35. The van der Waals surface area contributed by atoms with E-state index in [0.29, 0.717) is 11.6 Å². The molecule has 0 aromatic carbocycles. The highest BCUT2D eigenvalue weighted by atomic mass is 79.9. The van der Waals surface area contributed by atoms with Gasteiger partial charge in [0.25, 0.3) is 0 Å². The molecule has 0 saturated heterocycles. The van der Waals surface area contributed by atoms with Gasteiger partial charge in [-0.15, -0.1) is 11.8 Å². The van der Waals surface area contributed by atoms with E-state index in [2.05, 4.69) is 25.9 Å². The van der Waals surface area contributed by atoms with Gasteiger partial charge in [-0.1, -0.05) is 0 Å². The Morgan fingerprint density at radius 1 is 1.47 bits per heavy atom. The standard InChI is InChI=1S/C8H11BrN2O2S2/c1-6-10-7(9)5-8(11-6)14-3-4-15(2,12)13/h5H,3-4H2,1-2H3. The van der Waals surface area contributed by atoms with Crippen LogP contribution in [-0.4, -0.2) is 36.1 Å². The van der Waals surface area contributed by atoms with Crippen molar-refractivity contribution in [2.45, 2.75) is 11.9 Å². The van der Waals surface area contributed by atoms with Crippen molar-refractivity contribution in [2.24, 2.45) is 0 Å². The lowest BCUT2D eigenvalue weighted by atomic mass is 10.6. The lowest BCUT2D eigenvalue weighted by molar-refractivity contribution is 0.603. The van der Waals surface area contributed by atoms with Crippen LogP contribution in [0.15, 0.2) is 15.7 Å². The van der Waals surface area contributed by atoms with Crippen LogP contribution in [0, 0.1) is 6.92 Å². The Balaban J connectivity index is 2.58. The molecule has 0 fully saturated rings. The van der Waals surface area contributed by atoms with Gasteiger partial charge in [-0.25, -0.2) is 18.4 Å². The molecule has 0 spiro atoms. The van der Waals surface area contributed by atoms with Crippen LogP contribution >= 0.6 is 27.7 Å². The first-order valence-electron chi connectivity index (χ1n) is 4.18. The predicted molar refractivity (Wildman–Crippen MR) is 64.9 cm³/mol. The predicted octanol–water partition coefficient (Wildman–Crippen LogP) is 1.68. The lowest BCUT2D eigenvalue weighted by Gasteiger charge is -2.01. The summed E-state index contributed by atoms with van der Waals surface area (Å²) in [5, 5.41) is 0.790. The molecule has 0 saturated carbocycles. The molecule has 0 amide bonds. The number of hydrogen-bond donors (Lipinski definition) is 0. The topological polar surface area (TPSA) is 59.9 Å². The van der Waals surface area contributed by atoms with E-state index in [-0.39, 0.29) is 5.75 Å². The van der Waals surface area contributed by atoms with Crippen molar-refractivity contribution >= 4 is 37.5 Å². The van der Waals surface area contributed by atoms with Gasteiger partial charge in [-0.05, 0) is 22.9 Å². The molecular weight excluding hydrogens is 300 g/mol. The summed E-state index contributed by atoms with van der Waals surface area (Å²) in [6.07, 6.45) is 1.23. The van der Waals surface area contributed by atoms with Crippen molar-refractivity contribution in [1.82, 2.24) is 9.97 Å². The Morgan fingerprint density at radius 3 is 2.67 bits per heavy atom. The number of hydrogen-bond acceptors (Lipinski definition) is 5. The van der Waals surface area contributed by atoms with Crippen LogP contribution in [-0.2, 0) is 9.84 Å². The fourth-order valence-corrected chi connectivity index (χ4v) is 3.65. The molecule has 0 radical (unpaired) electrons. The van der Waals surface area contributed by atoms with Gasteiger partial charge in [0.15, 0.2) is 0 Å². The molecule has 0 aliphatic rings. The van der Waals surface area contributed by atoms with Crippen molar-refractivity contribution in [3.63, 3.8) is 0 Å². The van der Waals surface area contributed by atoms with Crippen LogP contribution < -0.4 is 0 Å². The minimum atomic E-state index is -2.89.